The van der Waals surface area contributed by atoms with Crippen LogP contribution < -0.4 is 10.3 Å². The molecular formula is C22H24Cl2N2O4. The van der Waals surface area contributed by atoms with Gasteiger partial charge in [-0.05, 0) is 37.5 Å². The maximum Gasteiger partial charge on any atom is 0.271 e. The highest BCUT2D eigenvalue weighted by Crippen LogP contribution is 2.36. The van der Waals surface area contributed by atoms with E-state index in [0.717, 1.165) is 23.8 Å². The molecule has 0 aliphatic heterocycles. The molecule has 1 N–H and O–H groups in total. The van der Waals surface area contributed by atoms with E-state index in [0.29, 0.717) is 13.0 Å². The van der Waals surface area contributed by atoms with Crippen molar-refractivity contribution < 1.29 is 14.6 Å². The first kappa shape index (κ1) is 23.8. The van der Waals surface area contributed by atoms with Crippen LogP contribution in [0.4, 0.5) is 0 Å². The van der Waals surface area contributed by atoms with Gasteiger partial charge in [-0.2, -0.15) is 5.26 Å². The van der Waals surface area contributed by atoms with Gasteiger partial charge in [-0.25, -0.2) is 0 Å². The molecule has 0 saturated heterocycles. The van der Waals surface area contributed by atoms with Crippen LogP contribution in [0.25, 0.3) is 0 Å². The van der Waals surface area contributed by atoms with E-state index in [2.05, 4.69) is 0 Å². The van der Waals surface area contributed by atoms with Crippen molar-refractivity contribution in [3.63, 3.8) is 0 Å². The van der Waals surface area contributed by atoms with Gasteiger partial charge in [-0.15, -0.1) is 0 Å². The second-order valence-corrected chi connectivity index (χ2v) is 7.74. The van der Waals surface area contributed by atoms with Crippen molar-refractivity contribution in [3.05, 3.63) is 54.8 Å². The van der Waals surface area contributed by atoms with E-state index in [9.17, 15) is 20.0 Å². The molecule has 0 aliphatic carbocycles. The summed E-state index contributed by atoms with van der Waals surface area (Å²) in [4.78, 5) is 25.8. The van der Waals surface area contributed by atoms with Crippen molar-refractivity contribution >= 4 is 29.0 Å². The highest BCUT2D eigenvalue weighted by molar-refractivity contribution is 6.38. The van der Waals surface area contributed by atoms with Gasteiger partial charge in [0.15, 0.2) is 11.5 Å². The number of nitrogens with zero attached hydrogens (tertiary/aromatic N) is 2. The van der Waals surface area contributed by atoms with Crippen LogP contribution in [0.5, 0.6) is 11.6 Å². The Bertz CT molecular complexity index is 1030. The third kappa shape index (κ3) is 4.80. The average molecular weight is 451 g/mol. The van der Waals surface area contributed by atoms with Crippen LogP contribution >= 0.6 is 23.2 Å². The van der Waals surface area contributed by atoms with Crippen molar-refractivity contribution in [2.75, 3.05) is 6.61 Å². The highest BCUT2D eigenvalue weighted by atomic mass is 35.5. The number of carbonyl (C=O) groups excluding carboxylic acids is 1. The first-order valence-corrected chi connectivity index (χ1v) is 10.6. The van der Waals surface area contributed by atoms with Gasteiger partial charge in [0.25, 0.3) is 5.56 Å². The molecule has 0 atom stereocenters. The van der Waals surface area contributed by atoms with Crippen molar-refractivity contribution in [1.82, 2.24) is 4.57 Å². The molecule has 2 aromatic rings. The van der Waals surface area contributed by atoms with E-state index >= 15 is 0 Å². The second kappa shape index (κ2) is 10.5. The molecule has 1 aromatic carbocycles. The van der Waals surface area contributed by atoms with Crippen LogP contribution in [0.2, 0.25) is 10.0 Å². The highest BCUT2D eigenvalue weighted by Gasteiger charge is 2.26. The molecule has 0 radical (unpaired) electrons. The lowest BCUT2D eigenvalue weighted by molar-refractivity contribution is 0.103. The second-order valence-electron chi connectivity index (χ2n) is 6.92. The molecule has 2 rings (SSSR count). The summed E-state index contributed by atoms with van der Waals surface area (Å²) < 4.78 is 6.66. The minimum absolute atomic E-state index is 0.117. The van der Waals surface area contributed by atoms with Gasteiger partial charge in [0.05, 0.1) is 22.2 Å². The summed E-state index contributed by atoms with van der Waals surface area (Å²) in [5, 5.41) is 20.5. The molecule has 0 fully saturated rings. The predicted molar refractivity (Wildman–Crippen MR) is 117 cm³/mol. The fraction of sp³-hybridized carbons (Fsp3) is 0.409. The number of rotatable bonds is 9. The molecule has 1 aromatic heterocycles. The number of nitriles is 1. The third-order valence-corrected chi connectivity index (χ3v) is 5.33. The Hall–Kier alpha value is -2.49. The van der Waals surface area contributed by atoms with Crippen molar-refractivity contribution in [2.45, 2.75) is 53.0 Å². The molecule has 30 heavy (non-hydrogen) atoms. The average Bonchev–Trinajstić information content (AvgIpc) is 2.70. The number of pyridine rings is 1. The summed E-state index contributed by atoms with van der Waals surface area (Å²) in [7, 11) is 0. The van der Waals surface area contributed by atoms with E-state index in [1.165, 1.54) is 19.1 Å². The number of carbonyl (C=O) groups is 1. The van der Waals surface area contributed by atoms with Gasteiger partial charge in [-0.1, -0.05) is 49.9 Å². The number of hydrogen-bond acceptors (Lipinski definition) is 5. The van der Waals surface area contributed by atoms with E-state index in [1.54, 1.807) is 0 Å². The smallest absolute Gasteiger partial charge is 0.271 e. The molecule has 8 heteroatoms. The third-order valence-electron chi connectivity index (χ3n) is 4.77. The van der Waals surface area contributed by atoms with Crippen LogP contribution in [-0.2, 0) is 6.54 Å². The number of aromatic nitrogens is 1. The summed E-state index contributed by atoms with van der Waals surface area (Å²) in [5.74, 6) is -0.768. The molecule has 0 spiro atoms. The van der Waals surface area contributed by atoms with Gasteiger partial charge < -0.3 is 9.84 Å². The van der Waals surface area contributed by atoms with Crippen molar-refractivity contribution in [3.8, 4) is 17.7 Å². The molecule has 0 aliphatic rings. The Labute approximate surface area is 185 Å². The lowest BCUT2D eigenvalue weighted by Crippen LogP contribution is -2.27. The Morgan fingerprint density at radius 2 is 1.80 bits per heavy atom. The van der Waals surface area contributed by atoms with E-state index in [1.807, 2.05) is 19.9 Å². The lowest BCUT2D eigenvalue weighted by atomic mass is 9.97. The fourth-order valence-corrected chi connectivity index (χ4v) is 3.63. The molecule has 0 amide bonds. The van der Waals surface area contributed by atoms with E-state index < -0.39 is 17.2 Å². The Morgan fingerprint density at radius 3 is 2.33 bits per heavy atom. The standard InChI is InChI=1S/C22H24Cl2N2O4/c1-4-6-8-26-21(28)15(12-25)13(3)18(22(26)29)19(27)14-10-16(23)20(17(24)11-14)30-9-7-5-2/h10-11,29H,4-9H2,1-3H3. The van der Waals surface area contributed by atoms with E-state index in [4.69, 9.17) is 27.9 Å². The van der Waals surface area contributed by atoms with Crippen LogP contribution in [0.1, 0.15) is 66.6 Å². The summed E-state index contributed by atoms with van der Waals surface area (Å²) >= 11 is 12.6. The summed E-state index contributed by atoms with van der Waals surface area (Å²) in [6.07, 6.45) is 3.15. The quantitative estimate of drug-likeness (QED) is 0.415. The Balaban J connectivity index is 2.58. The molecule has 6 nitrogen and oxygen atoms in total. The summed E-state index contributed by atoms with van der Waals surface area (Å²) in [6, 6.07) is 4.66. The number of hydrogen-bond donors (Lipinski definition) is 1. The summed E-state index contributed by atoms with van der Waals surface area (Å²) in [6.45, 7) is 6.06. The zero-order valence-corrected chi connectivity index (χ0v) is 18.7. The monoisotopic (exact) mass is 450 g/mol. The molecule has 0 unspecified atom stereocenters. The minimum Gasteiger partial charge on any atom is -0.494 e. The number of ketones is 1. The van der Waals surface area contributed by atoms with Crippen LogP contribution in [0.15, 0.2) is 16.9 Å². The van der Waals surface area contributed by atoms with Gasteiger partial charge >= 0.3 is 0 Å². The molecule has 0 bridgehead atoms. The van der Waals surface area contributed by atoms with Crippen LogP contribution in [0, 0.1) is 18.3 Å². The van der Waals surface area contributed by atoms with Crippen molar-refractivity contribution in [2.24, 2.45) is 0 Å². The summed E-state index contributed by atoms with van der Waals surface area (Å²) in [5.41, 5.74) is -0.671. The zero-order valence-electron chi connectivity index (χ0n) is 17.2. The van der Waals surface area contributed by atoms with E-state index in [-0.39, 0.29) is 44.6 Å². The molecule has 0 saturated carbocycles. The van der Waals surface area contributed by atoms with Gasteiger partial charge in [-0.3, -0.25) is 14.2 Å². The number of ether oxygens (including phenoxy) is 1. The molecule has 1 heterocycles. The Kier molecular flexibility index (Phi) is 8.33. The Morgan fingerprint density at radius 1 is 1.20 bits per heavy atom. The predicted octanol–water partition coefficient (Wildman–Crippen LogP) is 5.25. The van der Waals surface area contributed by atoms with Crippen LogP contribution in [-0.4, -0.2) is 22.1 Å². The maximum absolute atomic E-state index is 13.2. The molecule has 160 valence electrons. The zero-order chi connectivity index (χ0) is 22.4. The topological polar surface area (TPSA) is 92.3 Å². The minimum atomic E-state index is -0.617. The normalized spacial score (nSPS) is 10.7. The largest absolute Gasteiger partial charge is 0.494 e. The number of halogens is 2. The van der Waals surface area contributed by atoms with Crippen molar-refractivity contribution in [1.29, 1.82) is 5.26 Å². The number of benzene rings is 1. The van der Waals surface area contributed by atoms with Gasteiger partial charge in [0.2, 0.25) is 5.88 Å². The van der Waals surface area contributed by atoms with Gasteiger partial charge in [0, 0.05) is 12.1 Å². The van der Waals surface area contributed by atoms with Crippen LogP contribution in [0.3, 0.4) is 0 Å². The fourth-order valence-electron chi connectivity index (χ4n) is 3.04. The van der Waals surface area contributed by atoms with Gasteiger partial charge in [0.1, 0.15) is 11.6 Å². The lowest BCUT2D eigenvalue weighted by Gasteiger charge is -2.16. The maximum atomic E-state index is 13.2. The molecular weight excluding hydrogens is 427 g/mol. The number of unbranched alkanes of at least 4 members (excludes halogenated alkanes) is 2. The first-order valence-electron chi connectivity index (χ1n) is 9.81. The number of aromatic hydroxyl groups is 1. The SMILES string of the molecule is CCCCOc1c(Cl)cc(C(=O)c2c(C)c(C#N)c(=O)n(CCCC)c2O)cc1Cl. The first-order chi connectivity index (χ1) is 14.3.